The first-order valence-electron chi connectivity index (χ1n) is 7.87. The Morgan fingerprint density at radius 1 is 1.42 bits per heavy atom. The number of ether oxygens (including phenoxy) is 2. The van der Waals surface area contributed by atoms with Crippen LogP contribution in [0.1, 0.15) is 24.7 Å². The number of imidazole rings is 1. The summed E-state index contributed by atoms with van der Waals surface area (Å²) in [5, 5.41) is 0.655. The molecule has 1 aliphatic rings. The summed E-state index contributed by atoms with van der Waals surface area (Å²) in [7, 11) is 1.67. The first-order chi connectivity index (χ1) is 11.7. The molecular formula is C17H20ClN3O3. The van der Waals surface area contributed by atoms with E-state index in [1.54, 1.807) is 43.8 Å². The van der Waals surface area contributed by atoms with Crippen LogP contribution in [0.3, 0.4) is 0 Å². The SMILES string of the molecule is CO[C@@H]1CC(c2ncc[nH]2)N(C(=O)CCOc2ccc(Cl)cc2)C1. The molecule has 1 aromatic heterocycles. The van der Waals surface area contributed by atoms with Crippen molar-refractivity contribution in [3.63, 3.8) is 0 Å². The number of benzene rings is 1. The van der Waals surface area contributed by atoms with Gasteiger partial charge in [-0.05, 0) is 24.3 Å². The predicted molar refractivity (Wildman–Crippen MR) is 90.0 cm³/mol. The van der Waals surface area contributed by atoms with Crippen molar-refractivity contribution in [2.24, 2.45) is 0 Å². The number of likely N-dealkylation sites (tertiary alicyclic amines) is 1. The molecule has 1 amide bonds. The maximum Gasteiger partial charge on any atom is 0.226 e. The lowest BCUT2D eigenvalue weighted by Crippen LogP contribution is -2.33. The Labute approximate surface area is 145 Å². The summed E-state index contributed by atoms with van der Waals surface area (Å²) in [4.78, 5) is 21.8. The fraction of sp³-hybridized carbons (Fsp3) is 0.412. The number of nitrogens with zero attached hydrogens (tertiary/aromatic N) is 2. The topological polar surface area (TPSA) is 67.5 Å². The Morgan fingerprint density at radius 3 is 2.88 bits per heavy atom. The Hall–Kier alpha value is -2.05. The molecule has 0 aliphatic carbocycles. The third-order valence-corrected chi connectivity index (χ3v) is 4.40. The highest BCUT2D eigenvalue weighted by molar-refractivity contribution is 6.30. The van der Waals surface area contributed by atoms with Crippen LogP contribution in [0.4, 0.5) is 0 Å². The lowest BCUT2D eigenvalue weighted by molar-refractivity contribution is -0.133. The van der Waals surface area contributed by atoms with E-state index < -0.39 is 0 Å². The van der Waals surface area contributed by atoms with Crippen LogP contribution in [0.5, 0.6) is 5.75 Å². The van der Waals surface area contributed by atoms with Crippen LogP contribution in [0, 0.1) is 0 Å². The van der Waals surface area contributed by atoms with Crippen molar-refractivity contribution in [1.82, 2.24) is 14.9 Å². The molecule has 2 atom stereocenters. The van der Waals surface area contributed by atoms with Crippen LogP contribution in [-0.4, -0.2) is 47.1 Å². The number of methoxy groups -OCH3 is 1. The van der Waals surface area contributed by atoms with E-state index in [9.17, 15) is 4.79 Å². The molecule has 0 saturated carbocycles. The Morgan fingerprint density at radius 2 is 2.21 bits per heavy atom. The number of rotatable bonds is 6. The van der Waals surface area contributed by atoms with Gasteiger partial charge in [-0.3, -0.25) is 4.79 Å². The number of carbonyl (C=O) groups is 1. The molecule has 1 saturated heterocycles. The van der Waals surface area contributed by atoms with E-state index >= 15 is 0 Å². The number of hydrogen-bond acceptors (Lipinski definition) is 4. The quantitative estimate of drug-likeness (QED) is 0.870. The lowest BCUT2D eigenvalue weighted by Gasteiger charge is -2.23. The first kappa shape index (κ1) is 16.8. The Kier molecular flexibility index (Phi) is 5.37. The third kappa shape index (κ3) is 3.88. The number of aromatic nitrogens is 2. The largest absolute Gasteiger partial charge is 0.493 e. The van der Waals surface area contributed by atoms with E-state index in [4.69, 9.17) is 21.1 Å². The van der Waals surface area contributed by atoms with Crippen molar-refractivity contribution in [1.29, 1.82) is 0 Å². The van der Waals surface area contributed by atoms with Gasteiger partial charge >= 0.3 is 0 Å². The van der Waals surface area contributed by atoms with E-state index in [-0.39, 0.29) is 18.1 Å². The maximum atomic E-state index is 12.6. The zero-order chi connectivity index (χ0) is 16.9. The molecule has 1 N–H and O–H groups in total. The standard InChI is InChI=1S/C17H20ClN3O3/c1-23-14-10-15(17-19-7-8-20-17)21(11-14)16(22)6-9-24-13-4-2-12(18)3-5-13/h2-5,7-8,14-15H,6,9-11H2,1H3,(H,19,20)/t14-,15?/m1/s1. The lowest BCUT2D eigenvalue weighted by atomic mass is 10.2. The molecule has 24 heavy (non-hydrogen) atoms. The second-order valence-electron chi connectivity index (χ2n) is 5.68. The van der Waals surface area contributed by atoms with Crippen LogP contribution in [0.2, 0.25) is 5.02 Å². The van der Waals surface area contributed by atoms with Crippen LogP contribution in [0.15, 0.2) is 36.7 Å². The number of halogens is 1. The summed E-state index contributed by atoms with van der Waals surface area (Å²) in [6.07, 6.45) is 4.54. The molecule has 1 fully saturated rings. The molecule has 6 nitrogen and oxygen atoms in total. The fourth-order valence-electron chi connectivity index (χ4n) is 2.89. The van der Waals surface area contributed by atoms with Crippen molar-refractivity contribution >= 4 is 17.5 Å². The zero-order valence-corrected chi connectivity index (χ0v) is 14.2. The minimum atomic E-state index is -0.0759. The minimum Gasteiger partial charge on any atom is -0.493 e. The van der Waals surface area contributed by atoms with E-state index in [2.05, 4.69) is 9.97 Å². The summed E-state index contributed by atoms with van der Waals surface area (Å²) in [5.41, 5.74) is 0. The number of hydrogen-bond donors (Lipinski definition) is 1. The van der Waals surface area contributed by atoms with E-state index in [1.165, 1.54) is 0 Å². The molecule has 2 heterocycles. The highest BCUT2D eigenvalue weighted by Gasteiger charge is 2.37. The molecule has 0 spiro atoms. The average molecular weight is 350 g/mol. The summed E-state index contributed by atoms with van der Waals surface area (Å²) in [5.74, 6) is 1.53. The number of aromatic amines is 1. The second-order valence-corrected chi connectivity index (χ2v) is 6.12. The van der Waals surface area contributed by atoms with Gasteiger partial charge in [0.2, 0.25) is 5.91 Å². The molecule has 0 bridgehead atoms. The van der Waals surface area contributed by atoms with Gasteiger partial charge in [-0.1, -0.05) is 11.6 Å². The molecule has 0 radical (unpaired) electrons. The molecule has 1 aromatic carbocycles. The second kappa shape index (κ2) is 7.68. The molecule has 128 valence electrons. The molecule has 2 aromatic rings. The van der Waals surface area contributed by atoms with Gasteiger partial charge in [0.25, 0.3) is 0 Å². The molecule has 7 heteroatoms. The number of nitrogens with one attached hydrogen (secondary N) is 1. The smallest absolute Gasteiger partial charge is 0.226 e. The van der Waals surface area contributed by atoms with E-state index in [0.29, 0.717) is 30.3 Å². The predicted octanol–water partition coefficient (Wildman–Crippen LogP) is 2.82. The number of amides is 1. The van der Waals surface area contributed by atoms with Gasteiger partial charge in [-0.25, -0.2) is 4.98 Å². The van der Waals surface area contributed by atoms with Gasteiger partial charge in [0.15, 0.2) is 0 Å². The molecule has 3 rings (SSSR count). The third-order valence-electron chi connectivity index (χ3n) is 4.15. The first-order valence-corrected chi connectivity index (χ1v) is 8.25. The van der Waals surface area contributed by atoms with E-state index in [1.807, 2.05) is 4.90 Å². The minimum absolute atomic E-state index is 0.0289. The van der Waals surface area contributed by atoms with Crippen LogP contribution < -0.4 is 4.74 Å². The van der Waals surface area contributed by atoms with Gasteiger partial charge in [0.1, 0.15) is 11.6 Å². The fourth-order valence-corrected chi connectivity index (χ4v) is 3.02. The van der Waals surface area contributed by atoms with Gasteiger partial charge < -0.3 is 19.4 Å². The Balaban J connectivity index is 1.57. The van der Waals surface area contributed by atoms with Crippen molar-refractivity contribution in [2.75, 3.05) is 20.3 Å². The van der Waals surface area contributed by atoms with Crippen molar-refractivity contribution in [3.05, 3.63) is 47.5 Å². The van der Waals surface area contributed by atoms with Crippen molar-refractivity contribution in [2.45, 2.75) is 25.0 Å². The van der Waals surface area contributed by atoms with Gasteiger partial charge in [-0.15, -0.1) is 0 Å². The number of H-pyrrole nitrogens is 1. The van der Waals surface area contributed by atoms with Gasteiger partial charge in [0, 0.05) is 37.5 Å². The highest BCUT2D eigenvalue weighted by Crippen LogP contribution is 2.31. The Bertz CT molecular complexity index is 660. The van der Waals surface area contributed by atoms with Crippen LogP contribution >= 0.6 is 11.6 Å². The molecular weight excluding hydrogens is 330 g/mol. The number of carbonyl (C=O) groups excluding carboxylic acids is 1. The average Bonchev–Trinajstić information content (AvgIpc) is 3.25. The maximum absolute atomic E-state index is 12.6. The molecule has 1 aliphatic heterocycles. The normalized spacial score (nSPS) is 20.3. The highest BCUT2D eigenvalue weighted by atomic mass is 35.5. The van der Waals surface area contributed by atoms with Crippen molar-refractivity contribution < 1.29 is 14.3 Å². The summed E-state index contributed by atoms with van der Waals surface area (Å²) in [6, 6.07) is 7.02. The monoisotopic (exact) mass is 349 g/mol. The summed E-state index contributed by atoms with van der Waals surface area (Å²) in [6.45, 7) is 0.890. The summed E-state index contributed by atoms with van der Waals surface area (Å²) < 4.78 is 11.0. The van der Waals surface area contributed by atoms with Crippen molar-refractivity contribution in [3.8, 4) is 5.75 Å². The zero-order valence-electron chi connectivity index (χ0n) is 13.4. The van der Waals surface area contributed by atoms with Crippen LogP contribution in [0.25, 0.3) is 0 Å². The van der Waals surface area contributed by atoms with E-state index in [0.717, 1.165) is 12.2 Å². The van der Waals surface area contributed by atoms with Gasteiger partial charge in [0.05, 0.1) is 25.2 Å². The van der Waals surface area contributed by atoms with Gasteiger partial charge in [-0.2, -0.15) is 0 Å². The molecule has 1 unspecified atom stereocenters. The summed E-state index contributed by atoms with van der Waals surface area (Å²) >= 11 is 5.84. The van der Waals surface area contributed by atoms with Crippen LogP contribution in [-0.2, 0) is 9.53 Å².